The zero-order valence-corrected chi connectivity index (χ0v) is 7.12. The first-order valence-electron chi connectivity index (χ1n) is 3.74. The second-order valence-electron chi connectivity index (χ2n) is 2.50. The molecule has 0 aliphatic carbocycles. The first-order chi connectivity index (χ1) is 5.83. The van der Waals surface area contributed by atoms with Crippen molar-refractivity contribution in [2.75, 3.05) is 19.6 Å². The summed E-state index contributed by atoms with van der Waals surface area (Å²) in [7, 11) is 1.60. The summed E-state index contributed by atoms with van der Waals surface area (Å²) in [6.45, 7) is 0.887. The molecule has 0 aromatic heterocycles. The van der Waals surface area contributed by atoms with Gasteiger partial charge in [-0.15, -0.1) is 0 Å². The van der Waals surface area contributed by atoms with Gasteiger partial charge in [0.25, 0.3) is 0 Å². The van der Waals surface area contributed by atoms with Crippen LogP contribution in [-0.2, 0) is 16.1 Å². The molecule has 0 saturated heterocycles. The van der Waals surface area contributed by atoms with Crippen LogP contribution in [0.15, 0.2) is 24.3 Å². The Kier molecular flexibility index (Phi) is 3.57. The van der Waals surface area contributed by atoms with E-state index in [9.17, 15) is 0 Å². The van der Waals surface area contributed by atoms with Gasteiger partial charge >= 0.3 is 0 Å². The van der Waals surface area contributed by atoms with Crippen LogP contribution in [-0.4, -0.2) is 13.9 Å². The summed E-state index contributed by atoms with van der Waals surface area (Å²) in [5, 5.41) is 0. The molecule has 0 radical (unpaired) electrons. The molecule has 0 unspecified atom stereocenters. The van der Waals surface area contributed by atoms with Gasteiger partial charge in [-0.25, -0.2) is 0 Å². The number of ether oxygens (including phenoxy) is 2. The fourth-order valence-electron chi connectivity index (χ4n) is 0.857. The SMILES string of the molecule is COCOCc1ccc(N)cc1. The minimum atomic E-state index is 0.324. The van der Waals surface area contributed by atoms with Gasteiger partial charge in [-0.3, -0.25) is 0 Å². The van der Waals surface area contributed by atoms with Crippen molar-refractivity contribution in [3.05, 3.63) is 29.8 Å². The van der Waals surface area contributed by atoms with Crippen LogP contribution in [0.4, 0.5) is 5.69 Å². The van der Waals surface area contributed by atoms with Crippen LogP contribution >= 0.6 is 0 Å². The monoisotopic (exact) mass is 167 g/mol. The van der Waals surface area contributed by atoms with E-state index in [1.165, 1.54) is 0 Å². The largest absolute Gasteiger partial charge is 0.399 e. The molecule has 3 heteroatoms. The van der Waals surface area contributed by atoms with Gasteiger partial charge in [0.2, 0.25) is 0 Å². The average molecular weight is 167 g/mol. The van der Waals surface area contributed by atoms with Gasteiger partial charge < -0.3 is 15.2 Å². The summed E-state index contributed by atoms with van der Waals surface area (Å²) in [5.74, 6) is 0. The van der Waals surface area contributed by atoms with E-state index in [2.05, 4.69) is 0 Å². The van der Waals surface area contributed by atoms with Crippen LogP contribution in [0, 0.1) is 0 Å². The number of methoxy groups -OCH3 is 1. The van der Waals surface area contributed by atoms with E-state index in [1.807, 2.05) is 24.3 Å². The summed E-state index contributed by atoms with van der Waals surface area (Å²) in [6, 6.07) is 7.58. The minimum absolute atomic E-state index is 0.324. The van der Waals surface area contributed by atoms with E-state index < -0.39 is 0 Å². The van der Waals surface area contributed by atoms with E-state index in [4.69, 9.17) is 15.2 Å². The number of hydrogen-bond donors (Lipinski definition) is 1. The van der Waals surface area contributed by atoms with Gasteiger partial charge in [0, 0.05) is 12.8 Å². The van der Waals surface area contributed by atoms with Gasteiger partial charge in [-0.05, 0) is 17.7 Å². The molecular weight excluding hydrogens is 154 g/mol. The van der Waals surface area contributed by atoms with Gasteiger partial charge in [0.05, 0.1) is 6.61 Å². The molecular formula is C9H13NO2. The number of nitrogen functional groups attached to an aromatic ring is 1. The molecule has 0 atom stereocenters. The molecule has 1 aromatic rings. The highest BCUT2D eigenvalue weighted by atomic mass is 16.7. The maximum atomic E-state index is 5.52. The molecule has 0 heterocycles. The number of hydrogen-bond acceptors (Lipinski definition) is 3. The van der Waals surface area contributed by atoms with Crippen molar-refractivity contribution in [3.63, 3.8) is 0 Å². The van der Waals surface area contributed by atoms with Crippen molar-refractivity contribution < 1.29 is 9.47 Å². The Hall–Kier alpha value is -1.06. The summed E-state index contributed by atoms with van der Waals surface area (Å²) >= 11 is 0. The number of nitrogens with two attached hydrogens (primary N) is 1. The average Bonchev–Trinajstić information content (AvgIpc) is 2.09. The van der Waals surface area contributed by atoms with Crippen molar-refractivity contribution in [3.8, 4) is 0 Å². The van der Waals surface area contributed by atoms with Crippen molar-refractivity contribution in [2.45, 2.75) is 6.61 Å². The minimum Gasteiger partial charge on any atom is -0.399 e. The Morgan fingerprint density at radius 1 is 1.25 bits per heavy atom. The lowest BCUT2D eigenvalue weighted by atomic mass is 10.2. The third-order valence-corrected chi connectivity index (χ3v) is 1.45. The van der Waals surface area contributed by atoms with Crippen LogP contribution in [0.5, 0.6) is 0 Å². The molecule has 0 aliphatic rings. The van der Waals surface area contributed by atoms with E-state index in [-0.39, 0.29) is 0 Å². The molecule has 0 bridgehead atoms. The van der Waals surface area contributed by atoms with E-state index >= 15 is 0 Å². The molecule has 3 nitrogen and oxygen atoms in total. The molecule has 12 heavy (non-hydrogen) atoms. The lowest BCUT2D eigenvalue weighted by Crippen LogP contribution is -1.96. The Morgan fingerprint density at radius 3 is 2.50 bits per heavy atom. The zero-order chi connectivity index (χ0) is 8.81. The van der Waals surface area contributed by atoms with Gasteiger partial charge in [-0.1, -0.05) is 12.1 Å². The zero-order valence-electron chi connectivity index (χ0n) is 7.12. The van der Waals surface area contributed by atoms with E-state index in [1.54, 1.807) is 7.11 Å². The van der Waals surface area contributed by atoms with Gasteiger partial charge in [0.15, 0.2) is 0 Å². The lowest BCUT2D eigenvalue weighted by Gasteiger charge is -2.02. The quantitative estimate of drug-likeness (QED) is 0.418. The maximum absolute atomic E-state index is 5.52. The first-order valence-corrected chi connectivity index (χ1v) is 3.74. The van der Waals surface area contributed by atoms with Gasteiger partial charge in [0.1, 0.15) is 6.79 Å². The van der Waals surface area contributed by atoms with Gasteiger partial charge in [-0.2, -0.15) is 0 Å². The molecule has 0 saturated carbocycles. The van der Waals surface area contributed by atoms with E-state index in [0.29, 0.717) is 13.4 Å². The smallest absolute Gasteiger partial charge is 0.146 e. The van der Waals surface area contributed by atoms with Crippen molar-refractivity contribution >= 4 is 5.69 Å². The lowest BCUT2D eigenvalue weighted by molar-refractivity contribution is -0.0390. The van der Waals surface area contributed by atoms with Crippen molar-refractivity contribution in [1.29, 1.82) is 0 Å². The molecule has 1 rings (SSSR count). The molecule has 66 valence electrons. The summed E-state index contributed by atoms with van der Waals surface area (Å²) in [5.41, 5.74) is 7.38. The fourth-order valence-corrected chi connectivity index (χ4v) is 0.857. The second kappa shape index (κ2) is 4.74. The third kappa shape index (κ3) is 2.90. The highest BCUT2D eigenvalue weighted by Crippen LogP contribution is 2.06. The summed E-state index contributed by atoms with van der Waals surface area (Å²) < 4.78 is 9.89. The van der Waals surface area contributed by atoms with Crippen molar-refractivity contribution in [2.24, 2.45) is 0 Å². The molecule has 0 fully saturated rings. The molecule has 0 spiro atoms. The Bertz CT molecular complexity index is 220. The van der Waals surface area contributed by atoms with Crippen LogP contribution in [0.3, 0.4) is 0 Å². The Morgan fingerprint density at radius 2 is 1.92 bits per heavy atom. The third-order valence-electron chi connectivity index (χ3n) is 1.45. The highest BCUT2D eigenvalue weighted by molar-refractivity contribution is 5.38. The topological polar surface area (TPSA) is 44.5 Å². The van der Waals surface area contributed by atoms with E-state index in [0.717, 1.165) is 11.3 Å². The number of rotatable bonds is 4. The standard InChI is InChI=1S/C9H13NO2/c1-11-7-12-6-8-2-4-9(10)5-3-8/h2-5H,6-7,10H2,1H3. The Balaban J connectivity index is 2.37. The first kappa shape index (κ1) is 9.03. The van der Waals surface area contributed by atoms with Crippen LogP contribution < -0.4 is 5.73 Å². The highest BCUT2D eigenvalue weighted by Gasteiger charge is 1.91. The Labute approximate surface area is 72.1 Å². The molecule has 2 N–H and O–H groups in total. The summed E-state index contributed by atoms with van der Waals surface area (Å²) in [6.07, 6.45) is 0. The predicted molar refractivity (Wildman–Crippen MR) is 47.5 cm³/mol. The number of benzene rings is 1. The normalized spacial score (nSPS) is 10.1. The maximum Gasteiger partial charge on any atom is 0.146 e. The molecule has 0 aliphatic heterocycles. The molecule has 1 aromatic carbocycles. The summed E-state index contributed by atoms with van der Waals surface area (Å²) in [4.78, 5) is 0. The van der Waals surface area contributed by atoms with Crippen LogP contribution in [0.1, 0.15) is 5.56 Å². The second-order valence-corrected chi connectivity index (χ2v) is 2.50. The van der Waals surface area contributed by atoms with Crippen LogP contribution in [0.25, 0.3) is 0 Å². The predicted octanol–water partition coefficient (Wildman–Crippen LogP) is 1.39. The fraction of sp³-hybridized carbons (Fsp3) is 0.333. The van der Waals surface area contributed by atoms with Crippen LogP contribution in [0.2, 0.25) is 0 Å². The number of anilines is 1. The molecule has 0 amide bonds. The van der Waals surface area contributed by atoms with Crippen molar-refractivity contribution in [1.82, 2.24) is 0 Å².